The molecule has 5 nitrogen and oxygen atoms in total. The van der Waals surface area contributed by atoms with Crippen LogP contribution < -0.4 is 5.32 Å². The standard InChI is InChI=1S/C15H27N3O2/c1-5-18(6-2)9-11(3)16-8-14-13(10-19)7-17-12(4)15(14)20/h7,11,16,19-20H,5-6,8-10H2,1-4H3. The van der Waals surface area contributed by atoms with Crippen molar-refractivity contribution in [2.75, 3.05) is 19.6 Å². The highest BCUT2D eigenvalue weighted by molar-refractivity contribution is 5.40. The Morgan fingerprint density at radius 3 is 2.55 bits per heavy atom. The predicted octanol–water partition coefficient (Wildman–Crippen LogP) is 1.41. The van der Waals surface area contributed by atoms with Crippen LogP contribution in [0, 0.1) is 6.92 Å². The van der Waals surface area contributed by atoms with Crippen molar-refractivity contribution in [1.82, 2.24) is 15.2 Å². The van der Waals surface area contributed by atoms with Crippen LogP contribution in [0.25, 0.3) is 0 Å². The highest BCUT2D eigenvalue weighted by Gasteiger charge is 2.13. The van der Waals surface area contributed by atoms with Gasteiger partial charge in [0.15, 0.2) is 0 Å². The lowest BCUT2D eigenvalue weighted by Crippen LogP contribution is -2.38. The molecule has 114 valence electrons. The number of aryl methyl sites for hydroxylation is 1. The van der Waals surface area contributed by atoms with Gasteiger partial charge in [0.1, 0.15) is 5.75 Å². The number of rotatable bonds is 8. The molecule has 1 aromatic rings. The Bertz CT molecular complexity index is 420. The molecule has 1 unspecified atom stereocenters. The molecular weight excluding hydrogens is 254 g/mol. The highest BCUT2D eigenvalue weighted by atomic mass is 16.3. The number of aliphatic hydroxyl groups excluding tert-OH is 1. The Morgan fingerprint density at radius 1 is 1.35 bits per heavy atom. The first-order valence-corrected chi connectivity index (χ1v) is 7.26. The molecule has 0 aliphatic carbocycles. The molecule has 0 aliphatic rings. The molecule has 3 N–H and O–H groups in total. The molecule has 1 heterocycles. The van der Waals surface area contributed by atoms with E-state index in [4.69, 9.17) is 0 Å². The van der Waals surface area contributed by atoms with E-state index in [-0.39, 0.29) is 12.4 Å². The summed E-state index contributed by atoms with van der Waals surface area (Å²) in [7, 11) is 0. The lowest BCUT2D eigenvalue weighted by atomic mass is 10.1. The summed E-state index contributed by atoms with van der Waals surface area (Å²) < 4.78 is 0. The van der Waals surface area contributed by atoms with Crippen LogP contribution in [0.15, 0.2) is 6.20 Å². The first-order chi connectivity index (χ1) is 9.53. The van der Waals surface area contributed by atoms with Gasteiger partial charge in [-0.2, -0.15) is 0 Å². The van der Waals surface area contributed by atoms with Crippen molar-refractivity contribution >= 4 is 0 Å². The van der Waals surface area contributed by atoms with Gasteiger partial charge in [0.2, 0.25) is 0 Å². The second kappa shape index (κ2) is 8.19. The van der Waals surface area contributed by atoms with E-state index < -0.39 is 0 Å². The van der Waals surface area contributed by atoms with E-state index in [0.717, 1.165) is 25.2 Å². The smallest absolute Gasteiger partial charge is 0.141 e. The Morgan fingerprint density at radius 2 is 2.00 bits per heavy atom. The third kappa shape index (κ3) is 4.44. The summed E-state index contributed by atoms with van der Waals surface area (Å²) in [5.41, 5.74) is 2.01. The van der Waals surface area contributed by atoms with E-state index in [1.165, 1.54) is 0 Å². The van der Waals surface area contributed by atoms with Gasteiger partial charge < -0.3 is 20.4 Å². The zero-order chi connectivity index (χ0) is 15.1. The number of hydrogen-bond acceptors (Lipinski definition) is 5. The largest absolute Gasteiger partial charge is 0.506 e. The highest BCUT2D eigenvalue weighted by Crippen LogP contribution is 2.23. The molecule has 0 saturated carbocycles. The van der Waals surface area contributed by atoms with Crippen LogP contribution in [0.2, 0.25) is 0 Å². The minimum atomic E-state index is -0.109. The maximum Gasteiger partial charge on any atom is 0.141 e. The zero-order valence-electron chi connectivity index (χ0n) is 13.0. The first kappa shape index (κ1) is 16.9. The fourth-order valence-electron chi connectivity index (χ4n) is 2.23. The van der Waals surface area contributed by atoms with E-state index in [2.05, 4.69) is 36.0 Å². The van der Waals surface area contributed by atoms with Crippen molar-refractivity contribution in [2.24, 2.45) is 0 Å². The van der Waals surface area contributed by atoms with Gasteiger partial charge >= 0.3 is 0 Å². The van der Waals surface area contributed by atoms with E-state index in [1.807, 2.05) is 0 Å². The fraction of sp³-hybridized carbons (Fsp3) is 0.667. The minimum absolute atomic E-state index is 0.109. The summed E-state index contributed by atoms with van der Waals surface area (Å²) in [6, 6.07) is 0.314. The quantitative estimate of drug-likeness (QED) is 0.672. The number of pyridine rings is 1. The van der Waals surface area contributed by atoms with Crippen molar-refractivity contribution in [1.29, 1.82) is 0 Å². The average Bonchev–Trinajstić information content (AvgIpc) is 2.46. The van der Waals surface area contributed by atoms with E-state index >= 15 is 0 Å². The van der Waals surface area contributed by atoms with Crippen molar-refractivity contribution in [3.63, 3.8) is 0 Å². The molecule has 0 amide bonds. The third-order valence-electron chi connectivity index (χ3n) is 3.65. The van der Waals surface area contributed by atoms with Crippen LogP contribution in [0.5, 0.6) is 5.75 Å². The number of aliphatic hydroxyl groups is 1. The predicted molar refractivity (Wildman–Crippen MR) is 80.7 cm³/mol. The zero-order valence-corrected chi connectivity index (χ0v) is 13.0. The van der Waals surface area contributed by atoms with Gasteiger partial charge in [0.05, 0.1) is 12.3 Å². The number of likely N-dealkylation sites (N-methyl/N-ethyl adjacent to an activating group) is 1. The van der Waals surface area contributed by atoms with E-state index in [0.29, 0.717) is 23.8 Å². The lowest BCUT2D eigenvalue weighted by Gasteiger charge is -2.24. The summed E-state index contributed by atoms with van der Waals surface area (Å²) in [4.78, 5) is 6.42. The Kier molecular flexibility index (Phi) is 6.91. The first-order valence-electron chi connectivity index (χ1n) is 7.26. The molecule has 0 aromatic carbocycles. The third-order valence-corrected chi connectivity index (χ3v) is 3.65. The maximum absolute atomic E-state index is 10.1. The second-order valence-corrected chi connectivity index (χ2v) is 5.12. The van der Waals surface area contributed by atoms with Gasteiger partial charge in [-0.05, 0) is 26.9 Å². The number of nitrogens with one attached hydrogen (secondary N) is 1. The monoisotopic (exact) mass is 281 g/mol. The average molecular weight is 281 g/mol. The molecule has 0 aliphatic heterocycles. The van der Waals surface area contributed by atoms with Crippen molar-refractivity contribution in [3.05, 3.63) is 23.0 Å². The summed E-state index contributed by atoms with van der Waals surface area (Å²) in [6.45, 7) is 11.6. The second-order valence-electron chi connectivity index (χ2n) is 5.12. The molecule has 1 atom stereocenters. The van der Waals surface area contributed by atoms with Crippen LogP contribution in [0.3, 0.4) is 0 Å². The summed E-state index contributed by atoms with van der Waals surface area (Å²) in [6.07, 6.45) is 1.63. The van der Waals surface area contributed by atoms with Gasteiger partial charge in [-0.1, -0.05) is 13.8 Å². The van der Waals surface area contributed by atoms with Gasteiger partial charge in [-0.15, -0.1) is 0 Å². The van der Waals surface area contributed by atoms with Crippen LogP contribution in [0.4, 0.5) is 0 Å². The van der Waals surface area contributed by atoms with Gasteiger partial charge in [0, 0.05) is 36.5 Å². The van der Waals surface area contributed by atoms with Crippen molar-refractivity contribution in [2.45, 2.75) is 46.9 Å². The van der Waals surface area contributed by atoms with Gasteiger partial charge in [0.25, 0.3) is 0 Å². The number of nitrogens with zero attached hydrogens (tertiary/aromatic N) is 2. The minimum Gasteiger partial charge on any atom is -0.506 e. The Balaban J connectivity index is 2.67. The summed E-state index contributed by atoms with van der Waals surface area (Å²) in [5, 5.41) is 22.8. The number of aromatic hydroxyl groups is 1. The summed E-state index contributed by atoms with van der Waals surface area (Å²) >= 11 is 0. The van der Waals surface area contributed by atoms with Gasteiger partial charge in [-0.25, -0.2) is 0 Å². The Hall–Kier alpha value is -1.17. The molecule has 0 saturated heterocycles. The summed E-state index contributed by atoms with van der Waals surface area (Å²) in [5.74, 6) is 0.180. The number of hydrogen-bond donors (Lipinski definition) is 3. The van der Waals surface area contributed by atoms with E-state index in [1.54, 1.807) is 13.1 Å². The van der Waals surface area contributed by atoms with Gasteiger partial charge in [-0.3, -0.25) is 4.98 Å². The number of aromatic nitrogens is 1. The van der Waals surface area contributed by atoms with Crippen LogP contribution >= 0.6 is 0 Å². The molecule has 1 aromatic heterocycles. The molecule has 0 fully saturated rings. The molecule has 0 bridgehead atoms. The van der Waals surface area contributed by atoms with Crippen LogP contribution in [-0.4, -0.2) is 45.8 Å². The maximum atomic E-state index is 10.1. The topological polar surface area (TPSA) is 68.6 Å². The Labute approximate surface area is 121 Å². The van der Waals surface area contributed by atoms with E-state index in [9.17, 15) is 10.2 Å². The van der Waals surface area contributed by atoms with Crippen LogP contribution in [-0.2, 0) is 13.2 Å². The molecule has 0 radical (unpaired) electrons. The normalized spacial score (nSPS) is 12.9. The van der Waals surface area contributed by atoms with Crippen LogP contribution in [0.1, 0.15) is 37.6 Å². The SMILES string of the molecule is CCN(CC)CC(C)NCc1c(CO)cnc(C)c1O. The molecule has 20 heavy (non-hydrogen) atoms. The molecule has 5 heteroatoms. The lowest BCUT2D eigenvalue weighted by molar-refractivity contribution is 0.267. The molecule has 0 spiro atoms. The molecular formula is C15H27N3O2. The van der Waals surface area contributed by atoms with Crippen molar-refractivity contribution in [3.8, 4) is 5.75 Å². The van der Waals surface area contributed by atoms with Crippen molar-refractivity contribution < 1.29 is 10.2 Å². The molecule has 1 rings (SSSR count). The fourth-order valence-corrected chi connectivity index (χ4v) is 2.23.